The van der Waals surface area contributed by atoms with E-state index in [1.54, 1.807) is 25.4 Å². The Balaban J connectivity index is 1.85. The molecule has 0 aliphatic carbocycles. The Morgan fingerprint density at radius 1 is 1.20 bits per heavy atom. The van der Waals surface area contributed by atoms with Gasteiger partial charge < -0.3 is 19.9 Å². The predicted molar refractivity (Wildman–Crippen MR) is 79.2 cm³/mol. The van der Waals surface area contributed by atoms with Gasteiger partial charge in [0.05, 0.1) is 13.2 Å². The molecule has 5 nitrogen and oxygen atoms in total. The van der Waals surface area contributed by atoms with Crippen LogP contribution in [0.25, 0.3) is 10.8 Å². The Bertz CT molecular complexity index is 546. The minimum Gasteiger partial charge on any atom is -0.508 e. The number of ether oxygens (including phenoxy) is 2. The summed E-state index contributed by atoms with van der Waals surface area (Å²) in [5.41, 5.74) is 0. The summed E-state index contributed by atoms with van der Waals surface area (Å²) in [5, 5.41) is 14.8. The van der Waals surface area contributed by atoms with Crippen LogP contribution in [-0.2, 0) is 9.47 Å². The molecule has 0 spiro atoms. The van der Waals surface area contributed by atoms with E-state index in [1.807, 2.05) is 12.1 Å². The third-order valence-electron chi connectivity index (χ3n) is 2.94. The van der Waals surface area contributed by atoms with Crippen molar-refractivity contribution in [3.05, 3.63) is 30.5 Å². The standard InChI is InChI=1S/C15H20N2O3/c1-19-9-10-20-8-2-6-16-15-14-11-13(18)4-3-12(14)5-7-17-15/h3-5,7,11,18H,2,6,8-10H2,1H3,(H,16,17). The highest BCUT2D eigenvalue weighted by molar-refractivity contribution is 5.92. The molecule has 1 aromatic carbocycles. The van der Waals surface area contributed by atoms with Crippen molar-refractivity contribution >= 4 is 16.6 Å². The Labute approximate surface area is 118 Å². The monoisotopic (exact) mass is 276 g/mol. The highest BCUT2D eigenvalue weighted by Gasteiger charge is 2.02. The van der Waals surface area contributed by atoms with E-state index in [4.69, 9.17) is 9.47 Å². The van der Waals surface area contributed by atoms with Gasteiger partial charge in [-0.3, -0.25) is 0 Å². The molecular weight excluding hydrogens is 256 g/mol. The van der Waals surface area contributed by atoms with Crippen LogP contribution in [0.1, 0.15) is 6.42 Å². The number of anilines is 1. The Kier molecular flexibility index (Phi) is 5.58. The number of benzene rings is 1. The molecule has 5 heteroatoms. The van der Waals surface area contributed by atoms with Gasteiger partial charge in [-0.15, -0.1) is 0 Å². The van der Waals surface area contributed by atoms with E-state index < -0.39 is 0 Å². The molecule has 0 aliphatic heterocycles. The quantitative estimate of drug-likeness (QED) is 0.725. The van der Waals surface area contributed by atoms with Crippen LogP contribution in [-0.4, -0.2) is 43.6 Å². The molecule has 0 amide bonds. The van der Waals surface area contributed by atoms with Crippen LogP contribution in [0, 0.1) is 0 Å². The minimum atomic E-state index is 0.247. The van der Waals surface area contributed by atoms with Gasteiger partial charge in [-0.1, -0.05) is 6.07 Å². The van der Waals surface area contributed by atoms with Gasteiger partial charge in [-0.05, 0) is 30.0 Å². The lowest BCUT2D eigenvalue weighted by Gasteiger charge is -2.09. The first-order valence-corrected chi connectivity index (χ1v) is 6.69. The summed E-state index contributed by atoms with van der Waals surface area (Å²) in [7, 11) is 1.66. The van der Waals surface area contributed by atoms with E-state index in [1.165, 1.54) is 0 Å². The highest BCUT2D eigenvalue weighted by Crippen LogP contribution is 2.24. The molecule has 108 valence electrons. The molecular formula is C15H20N2O3. The summed E-state index contributed by atoms with van der Waals surface area (Å²) in [4.78, 5) is 4.31. The maximum absolute atomic E-state index is 9.56. The number of aromatic hydroxyl groups is 1. The Morgan fingerprint density at radius 3 is 2.95 bits per heavy atom. The molecule has 0 bridgehead atoms. The molecule has 0 aliphatic rings. The van der Waals surface area contributed by atoms with Crippen LogP contribution in [0.3, 0.4) is 0 Å². The second kappa shape index (κ2) is 7.67. The second-order valence-electron chi connectivity index (χ2n) is 4.45. The number of aromatic nitrogens is 1. The highest BCUT2D eigenvalue weighted by atomic mass is 16.5. The van der Waals surface area contributed by atoms with E-state index in [9.17, 15) is 5.11 Å². The molecule has 2 aromatic rings. The van der Waals surface area contributed by atoms with Gasteiger partial charge in [-0.2, -0.15) is 0 Å². The van der Waals surface area contributed by atoms with Crippen LogP contribution in [0.15, 0.2) is 30.5 Å². The van der Waals surface area contributed by atoms with Gasteiger partial charge in [0.25, 0.3) is 0 Å². The molecule has 0 radical (unpaired) electrons. The van der Waals surface area contributed by atoms with Crippen molar-refractivity contribution < 1.29 is 14.6 Å². The first kappa shape index (κ1) is 14.6. The average Bonchev–Trinajstić information content (AvgIpc) is 2.46. The van der Waals surface area contributed by atoms with Gasteiger partial charge in [0.2, 0.25) is 0 Å². The van der Waals surface area contributed by atoms with Crippen LogP contribution in [0.5, 0.6) is 5.75 Å². The average molecular weight is 276 g/mol. The Hall–Kier alpha value is -1.85. The smallest absolute Gasteiger partial charge is 0.133 e. The largest absolute Gasteiger partial charge is 0.508 e. The maximum atomic E-state index is 9.56. The molecule has 2 rings (SSSR count). The summed E-state index contributed by atoms with van der Waals surface area (Å²) >= 11 is 0. The first-order valence-electron chi connectivity index (χ1n) is 6.69. The van der Waals surface area contributed by atoms with Gasteiger partial charge in [0.1, 0.15) is 11.6 Å². The number of rotatable bonds is 8. The summed E-state index contributed by atoms with van der Waals surface area (Å²) in [6.45, 7) is 2.70. The third-order valence-corrected chi connectivity index (χ3v) is 2.94. The van der Waals surface area contributed by atoms with Crippen LogP contribution >= 0.6 is 0 Å². The number of hydrogen-bond donors (Lipinski definition) is 2. The van der Waals surface area contributed by atoms with E-state index in [0.717, 1.165) is 29.6 Å². The van der Waals surface area contributed by atoms with Crippen LogP contribution in [0.2, 0.25) is 0 Å². The van der Waals surface area contributed by atoms with Crippen LogP contribution in [0.4, 0.5) is 5.82 Å². The van der Waals surface area contributed by atoms with E-state index in [2.05, 4.69) is 10.3 Å². The minimum absolute atomic E-state index is 0.247. The molecule has 0 unspecified atom stereocenters. The molecule has 0 fully saturated rings. The summed E-state index contributed by atoms with van der Waals surface area (Å²) in [6, 6.07) is 7.20. The van der Waals surface area contributed by atoms with Gasteiger partial charge in [0, 0.05) is 31.8 Å². The summed E-state index contributed by atoms with van der Waals surface area (Å²) in [5.74, 6) is 1.03. The number of fused-ring (bicyclic) bond motifs is 1. The van der Waals surface area contributed by atoms with Crippen molar-refractivity contribution in [1.29, 1.82) is 0 Å². The van der Waals surface area contributed by atoms with E-state index in [-0.39, 0.29) is 5.75 Å². The zero-order chi connectivity index (χ0) is 14.2. The number of pyridine rings is 1. The molecule has 20 heavy (non-hydrogen) atoms. The number of nitrogens with zero attached hydrogens (tertiary/aromatic N) is 1. The summed E-state index contributed by atoms with van der Waals surface area (Å²) in [6.07, 6.45) is 2.65. The zero-order valence-corrected chi connectivity index (χ0v) is 11.6. The topological polar surface area (TPSA) is 63.6 Å². The van der Waals surface area contributed by atoms with Gasteiger partial charge >= 0.3 is 0 Å². The molecule has 0 saturated carbocycles. The maximum Gasteiger partial charge on any atom is 0.133 e. The lowest BCUT2D eigenvalue weighted by molar-refractivity contribution is 0.0705. The number of methoxy groups -OCH3 is 1. The molecule has 2 N–H and O–H groups in total. The van der Waals surface area contributed by atoms with Crippen molar-refractivity contribution in [3.63, 3.8) is 0 Å². The zero-order valence-electron chi connectivity index (χ0n) is 11.6. The van der Waals surface area contributed by atoms with Crippen molar-refractivity contribution in [2.24, 2.45) is 0 Å². The third kappa shape index (κ3) is 4.08. The van der Waals surface area contributed by atoms with Gasteiger partial charge in [0.15, 0.2) is 0 Å². The summed E-state index contributed by atoms with van der Waals surface area (Å²) < 4.78 is 10.3. The predicted octanol–water partition coefficient (Wildman–Crippen LogP) is 2.41. The van der Waals surface area contributed by atoms with Crippen molar-refractivity contribution in [2.45, 2.75) is 6.42 Å². The van der Waals surface area contributed by atoms with E-state index >= 15 is 0 Å². The SMILES string of the molecule is COCCOCCCNc1nccc2ccc(O)cc12. The van der Waals surface area contributed by atoms with Crippen molar-refractivity contribution in [3.8, 4) is 5.75 Å². The fourth-order valence-electron chi connectivity index (χ4n) is 1.92. The number of phenolic OH excluding ortho intramolecular Hbond substituents is 1. The number of phenols is 1. The van der Waals surface area contributed by atoms with Gasteiger partial charge in [-0.25, -0.2) is 4.98 Å². The molecule has 1 heterocycles. The molecule has 0 saturated heterocycles. The lowest BCUT2D eigenvalue weighted by Crippen LogP contribution is -2.09. The number of nitrogens with one attached hydrogen (secondary N) is 1. The number of hydrogen-bond acceptors (Lipinski definition) is 5. The normalized spacial score (nSPS) is 10.8. The molecule has 1 aromatic heterocycles. The van der Waals surface area contributed by atoms with E-state index in [0.29, 0.717) is 19.8 Å². The first-order chi connectivity index (χ1) is 9.81. The fraction of sp³-hybridized carbons (Fsp3) is 0.400. The second-order valence-corrected chi connectivity index (χ2v) is 4.45. The van der Waals surface area contributed by atoms with Crippen molar-refractivity contribution in [2.75, 3.05) is 38.8 Å². The fourth-order valence-corrected chi connectivity index (χ4v) is 1.92. The van der Waals surface area contributed by atoms with Crippen molar-refractivity contribution in [1.82, 2.24) is 4.98 Å². The van der Waals surface area contributed by atoms with Crippen LogP contribution < -0.4 is 5.32 Å². The Morgan fingerprint density at radius 2 is 2.10 bits per heavy atom. The molecule has 0 atom stereocenters. The lowest BCUT2D eigenvalue weighted by atomic mass is 10.1.